The Labute approximate surface area is 181 Å². The third kappa shape index (κ3) is 5.44. The first-order valence-corrected chi connectivity index (χ1v) is 9.93. The van der Waals surface area contributed by atoms with Crippen molar-refractivity contribution in [2.75, 3.05) is 55.9 Å². The number of likely N-dealkylation sites (N-methyl/N-ethyl adjacent to an activating group) is 1. The monoisotopic (exact) mass is 425 g/mol. The molecule has 3 rings (SSSR count). The van der Waals surface area contributed by atoms with Crippen molar-refractivity contribution in [1.29, 1.82) is 5.26 Å². The van der Waals surface area contributed by atoms with Crippen LogP contribution in [0.5, 0.6) is 5.75 Å². The van der Waals surface area contributed by atoms with Gasteiger partial charge in [-0.1, -0.05) is 11.6 Å². The molecule has 0 aromatic heterocycles. The maximum absolute atomic E-state index is 12.4. The minimum Gasteiger partial charge on any atom is -0.495 e. The molecule has 7 nitrogen and oxygen atoms in total. The lowest BCUT2D eigenvalue weighted by Gasteiger charge is -2.34. The third-order valence-corrected chi connectivity index (χ3v) is 5.19. The van der Waals surface area contributed by atoms with Crippen LogP contribution in [-0.2, 0) is 4.79 Å². The fraction of sp³-hybridized carbons (Fsp3) is 0.273. The summed E-state index contributed by atoms with van der Waals surface area (Å²) in [6, 6.07) is 14.7. The van der Waals surface area contributed by atoms with Crippen LogP contribution in [0.25, 0.3) is 0 Å². The Morgan fingerprint density at radius 1 is 1.13 bits per heavy atom. The highest BCUT2D eigenvalue weighted by Crippen LogP contribution is 2.27. The van der Waals surface area contributed by atoms with Crippen molar-refractivity contribution in [2.24, 2.45) is 0 Å². The molecule has 1 saturated heterocycles. The molecular formula is C22H24ClN5O2. The zero-order valence-corrected chi connectivity index (χ0v) is 17.7. The van der Waals surface area contributed by atoms with E-state index in [9.17, 15) is 10.1 Å². The number of hydrogen-bond acceptors (Lipinski definition) is 6. The Kier molecular flexibility index (Phi) is 7.17. The molecule has 0 spiro atoms. The second kappa shape index (κ2) is 10.0. The van der Waals surface area contributed by atoms with Gasteiger partial charge in [-0.25, -0.2) is 0 Å². The Morgan fingerprint density at radius 3 is 2.40 bits per heavy atom. The second-order valence-corrected chi connectivity index (χ2v) is 7.36. The number of nitrogens with zero attached hydrogens (tertiary/aromatic N) is 3. The van der Waals surface area contributed by atoms with E-state index in [-0.39, 0.29) is 5.57 Å². The number of nitrogens with one attached hydrogen (secondary N) is 2. The highest BCUT2D eigenvalue weighted by molar-refractivity contribution is 6.32. The normalized spacial score (nSPS) is 14.7. The van der Waals surface area contributed by atoms with Gasteiger partial charge in [0.25, 0.3) is 5.91 Å². The molecule has 1 fully saturated rings. The van der Waals surface area contributed by atoms with E-state index in [0.717, 1.165) is 37.6 Å². The van der Waals surface area contributed by atoms with Gasteiger partial charge in [0.2, 0.25) is 0 Å². The van der Waals surface area contributed by atoms with Crippen LogP contribution in [0, 0.1) is 11.3 Å². The molecule has 2 aromatic rings. The van der Waals surface area contributed by atoms with E-state index in [2.05, 4.69) is 27.5 Å². The molecule has 2 N–H and O–H groups in total. The number of carbonyl (C=O) groups is 1. The summed E-state index contributed by atoms with van der Waals surface area (Å²) in [4.78, 5) is 17.0. The van der Waals surface area contributed by atoms with E-state index in [0.29, 0.717) is 16.5 Å². The van der Waals surface area contributed by atoms with Gasteiger partial charge in [0, 0.05) is 49.4 Å². The molecule has 30 heavy (non-hydrogen) atoms. The lowest BCUT2D eigenvalue weighted by atomic mass is 10.2. The Balaban J connectivity index is 1.61. The number of carbonyl (C=O) groups excluding carboxylic acids is 1. The van der Waals surface area contributed by atoms with Crippen molar-refractivity contribution in [3.63, 3.8) is 0 Å². The van der Waals surface area contributed by atoms with Crippen molar-refractivity contribution in [3.05, 3.63) is 59.3 Å². The number of halogens is 1. The van der Waals surface area contributed by atoms with E-state index >= 15 is 0 Å². The lowest BCUT2D eigenvalue weighted by Crippen LogP contribution is -2.44. The summed E-state index contributed by atoms with van der Waals surface area (Å²) in [5.41, 5.74) is 2.38. The first-order chi connectivity index (χ1) is 14.5. The highest BCUT2D eigenvalue weighted by Gasteiger charge is 2.14. The summed E-state index contributed by atoms with van der Waals surface area (Å²) in [6.07, 6.45) is 1.39. The van der Waals surface area contributed by atoms with E-state index in [4.69, 9.17) is 16.3 Å². The van der Waals surface area contributed by atoms with Crippen LogP contribution in [0.4, 0.5) is 17.1 Å². The van der Waals surface area contributed by atoms with E-state index < -0.39 is 5.91 Å². The van der Waals surface area contributed by atoms with Crippen LogP contribution in [0.1, 0.15) is 0 Å². The van der Waals surface area contributed by atoms with Gasteiger partial charge in [-0.3, -0.25) is 4.79 Å². The average molecular weight is 426 g/mol. The number of anilines is 3. The minimum absolute atomic E-state index is 0.0508. The van der Waals surface area contributed by atoms with E-state index in [1.807, 2.05) is 30.3 Å². The van der Waals surface area contributed by atoms with Gasteiger partial charge >= 0.3 is 0 Å². The quantitative estimate of drug-likeness (QED) is 0.544. The summed E-state index contributed by atoms with van der Waals surface area (Å²) in [5, 5.41) is 15.4. The van der Waals surface area contributed by atoms with Gasteiger partial charge in [-0.2, -0.15) is 5.26 Å². The van der Waals surface area contributed by atoms with Crippen LogP contribution in [0.3, 0.4) is 0 Å². The fourth-order valence-electron chi connectivity index (χ4n) is 3.08. The number of amides is 1. The molecule has 0 unspecified atom stereocenters. The van der Waals surface area contributed by atoms with Crippen LogP contribution < -0.4 is 20.3 Å². The van der Waals surface area contributed by atoms with Crippen molar-refractivity contribution in [2.45, 2.75) is 0 Å². The summed E-state index contributed by atoms with van der Waals surface area (Å²) < 4.78 is 5.09. The van der Waals surface area contributed by atoms with Gasteiger partial charge < -0.3 is 25.2 Å². The molecule has 1 amide bonds. The van der Waals surface area contributed by atoms with E-state index in [1.165, 1.54) is 13.3 Å². The van der Waals surface area contributed by atoms with Crippen molar-refractivity contribution < 1.29 is 9.53 Å². The van der Waals surface area contributed by atoms with Crippen LogP contribution in [-0.4, -0.2) is 51.1 Å². The molecular weight excluding hydrogens is 402 g/mol. The smallest absolute Gasteiger partial charge is 0.267 e. The van der Waals surface area contributed by atoms with E-state index in [1.54, 1.807) is 18.2 Å². The molecule has 2 aromatic carbocycles. The SMILES string of the molecule is COc1ccc(NC(=O)/C(C#N)=C\Nc2ccc(N3CCN(C)CC3)cc2)cc1Cl. The predicted molar refractivity (Wildman–Crippen MR) is 120 cm³/mol. The summed E-state index contributed by atoms with van der Waals surface area (Å²) in [7, 11) is 3.64. The topological polar surface area (TPSA) is 80.6 Å². The second-order valence-electron chi connectivity index (χ2n) is 6.95. The van der Waals surface area contributed by atoms with Crippen LogP contribution >= 0.6 is 11.6 Å². The van der Waals surface area contributed by atoms with Gasteiger partial charge in [0.05, 0.1) is 12.1 Å². The summed E-state index contributed by atoms with van der Waals surface area (Å²) >= 11 is 6.07. The zero-order valence-electron chi connectivity index (χ0n) is 17.0. The number of rotatable bonds is 6. The third-order valence-electron chi connectivity index (χ3n) is 4.89. The largest absolute Gasteiger partial charge is 0.495 e. The predicted octanol–water partition coefficient (Wildman–Crippen LogP) is 3.56. The first-order valence-electron chi connectivity index (χ1n) is 9.55. The molecule has 0 aliphatic carbocycles. The fourth-order valence-corrected chi connectivity index (χ4v) is 3.34. The molecule has 0 atom stereocenters. The maximum atomic E-state index is 12.4. The average Bonchev–Trinajstić information content (AvgIpc) is 2.75. The van der Waals surface area contributed by atoms with Gasteiger partial charge in [-0.05, 0) is 49.5 Å². The highest BCUT2D eigenvalue weighted by atomic mass is 35.5. The standard InChI is InChI=1S/C22H24ClN5O2/c1-27-9-11-28(12-10-27)19-6-3-17(4-7-19)25-15-16(14-24)22(29)26-18-5-8-21(30-2)20(23)13-18/h3-8,13,15,25H,9-12H2,1-2H3,(H,26,29)/b16-15-. The molecule has 0 radical (unpaired) electrons. The van der Waals surface area contributed by atoms with Gasteiger partial charge in [-0.15, -0.1) is 0 Å². The van der Waals surface area contributed by atoms with Crippen molar-refractivity contribution in [1.82, 2.24) is 4.90 Å². The Morgan fingerprint density at radius 2 is 1.80 bits per heavy atom. The summed E-state index contributed by atoms with van der Waals surface area (Å²) in [6.45, 7) is 4.08. The Bertz CT molecular complexity index is 960. The van der Waals surface area contributed by atoms with Crippen LogP contribution in [0.2, 0.25) is 5.02 Å². The van der Waals surface area contributed by atoms with Crippen LogP contribution in [0.15, 0.2) is 54.2 Å². The first kappa shape index (κ1) is 21.5. The lowest BCUT2D eigenvalue weighted by molar-refractivity contribution is -0.112. The molecule has 156 valence electrons. The Hall–Kier alpha value is -3.21. The molecule has 1 aliphatic heterocycles. The summed E-state index contributed by atoms with van der Waals surface area (Å²) in [5.74, 6) is -0.0207. The number of hydrogen-bond donors (Lipinski definition) is 2. The minimum atomic E-state index is -0.528. The molecule has 8 heteroatoms. The number of piperazine rings is 1. The van der Waals surface area contributed by atoms with Crippen molar-refractivity contribution in [3.8, 4) is 11.8 Å². The number of benzene rings is 2. The molecule has 1 aliphatic rings. The van der Waals surface area contributed by atoms with Crippen molar-refractivity contribution >= 4 is 34.6 Å². The maximum Gasteiger partial charge on any atom is 0.267 e. The molecule has 0 bridgehead atoms. The molecule has 1 heterocycles. The van der Waals surface area contributed by atoms with Gasteiger partial charge in [0.1, 0.15) is 17.4 Å². The number of nitriles is 1. The van der Waals surface area contributed by atoms with Gasteiger partial charge in [0.15, 0.2) is 0 Å². The number of methoxy groups -OCH3 is 1. The molecule has 0 saturated carbocycles. The zero-order chi connectivity index (χ0) is 21.5. The number of ether oxygens (including phenoxy) is 1.